The molecule has 0 spiro atoms. The fourth-order valence-corrected chi connectivity index (χ4v) is 1.58. The molecule has 0 saturated carbocycles. The fourth-order valence-electron chi connectivity index (χ4n) is 1.32. The average Bonchev–Trinajstić information content (AvgIpc) is 2.26. The quantitative estimate of drug-likeness (QED) is 0.778. The van der Waals surface area contributed by atoms with E-state index in [0.29, 0.717) is 5.92 Å². The number of nitrogens with one attached hydrogen (secondary N) is 1. The maximum absolute atomic E-state index is 5.54. The summed E-state index contributed by atoms with van der Waals surface area (Å²) in [5.41, 5.74) is 6.90. The third-order valence-electron chi connectivity index (χ3n) is 2.40. The average molecular weight is 271 g/mol. The van der Waals surface area contributed by atoms with Gasteiger partial charge in [-0.25, -0.2) is 0 Å². The van der Waals surface area contributed by atoms with Gasteiger partial charge < -0.3 is 11.1 Å². The van der Waals surface area contributed by atoms with E-state index in [2.05, 4.69) is 52.4 Å². The Morgan fingerprint density at radius 2 is 2.00 bits per heavy atom. The van der Waals surface area contributed by atoms with Crippen LogP contribution < -0.4 is 11.1 Å². The van der Waals surface area contributed by atoms with Gasteiger partial charge in [0.2, 0.25) is 0 Å². The lowest BCUT2D eigenvalue weighted by atomic mass is 10.1. The lowest BCUT2D eigenvalue weighted by Gasteiger charge is -2.09. The lowest BCUT2D eigenvalue weighted by molar-refractivity contribution is 0.524. The molecule has 0 aromatic heterocycles. The highest BCUT2D eigenvalue weighted by Crippen LogP contribution is 2.10. The van der Waals surface area contributed by atoms with E-state index >= 15 is 0 Å². The normalized spacial score (nSPS) is 12.7. The smallest absolute Gasteiger partial charge is 0.0175 e. The van der Waals surface area contributed by atoms with Gasteiger partial charge in [0.25, 0.3) is 0 Å². The first kappa shape index (κ1) is 12.7. The Bertz CT molecular complexity index is 271. The van der Waals surface area contributed by atoms with Gasteiger partial charge in [0.1, 0.15) is 0 Å². The molecule has 0 fully saturated rings. The molecule has 1 atom stereocenters. The summed E-state index contributed by atoms with van der Waals surface area (Å²) in [5.74, 6) is 0.565. The number of benzene rings is 1. The number of rotatable bonds is 6. The second-order valence-corrected chi connectivity index (χ2v) is 4.84. The molecule has 84 valence electrons. The van der Waals surface area contributed by atoms with Crippen LogP contribution in [-0.4, -0.2) is 19.6 Å². The molecular formula is C12H19BrN2. The van der Waals surface area contributed by atoms with E-state index in [1.54, 1.807) is 0 Å². The first-order valence-corrected chi connectivity index (χ1v) is 6.17. The van der Waals surface area contributed by atoms with Crippen LogP contribution in [0.4, 0.5) is 0 Å². The highest BCUT2D eigenvalue weighted by Gasteiger charge is 1.97. The fraction of sp³-hybridized carbons (Fsp3) is 0.500. The van der Waals surface area contributed by atoms with Gasteiger partial charge in [-0.2, -0.15) is 0 Å². The summed E-state index contributed by atoms with van der Waals surface area (Å²) in [6.07, 6.45) is 1.07. The highest BCUT2D eigenvalue weighted by molar-refractivity contribution is 9.10. The van der Waals surface area contributed by atoms with Crippen molar-refractivity contribution in [3.63, 3.8) is 0 Å². The van der Waals surface area contributed by atoms with Gasteiger partial charge in [-0.1, -0.05) is 35.0 Å². The molecule has 1 unspecified atom stereocenters. The first-order valence-electron chi connectivity index (χ1n) is 5.37. The van der Waals surface area contributed by atoms with Crippen LogP contribution in [0, 0.1) is 5.92 Å². The van der Waals surface area contributed by atoms with Crippen LogP contribution in [0.5, 0.6) is 0 Å². The highest BCUT2D eigenvalue weighted by atomic mass is 79.9. The van der Waals surface area contributed by atoms with Crippen molar-refractivity contribution in [1.82, 2.24) is 5.32 Å². The van der Waals surface area contributed by atoms with Crippen molar-refractivity contribution in [2.45, 2.75) is 13.3 Å². The topological polar surface area (TPSA) is 38.0 Å². The van der Waals surface area contributed by atoms with Crippen LogP contribution in [0.25, 0.3) is 0 Å². The summed E-state index contributed by atoms with van der Waals surface area (Å²) in [4.78, 5) is 0. The number of hydrogen-bond acceptors (Lipinski definition) is 2. The van der Waals surface area contributed by atoms with Gasteiger partial charge in [0.05, 0.1) is 0 Å². The van der Waals surface area contributed by atoms with Crippen molar-refractivity contribution in [2.75, 3.05) is 19.6 Å². The third-order valence-corrected chi connectivity index (χ3v) is 2.93. The largest absolute Gasteiger partial charge is 0.330 e. The van der Waals surface area contributed by atoms with Crippen molar-refractivity contribution in [1.29, 1.82) is 0 Å². The minimum absolute atomic E-state index is 0.565. The van der Waals surface area contributed by atoms with Gasteiger partial charge in [-0.05, 0) is 49.7 Å². The molecular weight excluding hydrogens is 252 g/mol. The summed E-state index contributed by atoms with van der Waals surface area (Å²) in [7, 11) is 0. The molecule has 15 heavy (non-hydrogen) atoms. The van der Waals surface area contributed by atoms with E-state index in [-0.39, 0.29) is 0 Å². The molecule has 1 rings (SSSR count). The van der Waals surface area contributed by atoms with Crippen LogP contribution in [0.15, 0.2) is 28.7 Å². The summed E-state index contributed by atoms with van der Waals surface area (Å²) in [5, 5.41) is 3.41. The van der Waals surface area contributed by atoms with Gasteiger partial charge in [0, 0.05) is 4.47 Å². The SMILES string of the molecule is CC(CN)CNCCc1ccc(Br)cc1. The first-order chi connectivity index (χ1) is 7.22. The zero-order chi connectivity index (χ0) is 11.1. The summed E-state index contributed by atoms with van der Waals surface area (Å²) in [6, 6.07) is 8.46. The van der Waals surface area contributed by atoms with E-state index in [4.69, 9.17) is 5.73 Å². The van der Waals surface area contributed by atoms with Crippen LogP contribution in [0.2, 0.25) is 0 Å². The predicted octanol–water partition coefficient (Wildman–Crippen LogP) is 2.18. The molecule has 1 aromatic carbocycles. The molecule has 1 aromatic rings. The van der Waals surface area contributed by atoms with Gasteiger partial charge in [0.15, 0.2) is 0 Å². The maximum atomic E-state index is 5.54. The van der Waals surface area contributed by atoms with Crippen LogP contribution in [0.1, 0.15) is 12.5 Å². The van der Waals surface area contributed by atoms with Crippen molar-refractivity contribution in [3.8, 4) is 0 Å². The Kier molecular flexibility index (Phi) is 5.91. The molecule has 0 saturated heterocycles. The van der Waals surface area contributed by atoms with Crippen molar-refractivity contribution in [3.05, 3.63) is 34.3 Å². The van der Waals surface area contributed by atoms with E-state index < -0.39 is 0 Å². The van der Waals surface area contributed by atoms with Crippen LogP contribution in [0.3, 0.4) is 0 Å². The Labute approximate surface area is 100 Å². The Morgan fingerprint density at radius 3 is 2.60 bits per heavy atom. The molecule has 0 aliphatic rings. The monoisotopic (exact) mass is 270 g/mol. The molecule has 0 bridgehead atoms. The van der Waals surface area contributed by atoms with Crippen LogP contribution >= 0.6 is 15.9 Å². The van der Waals surface area contributed by atoms with Crippen LogP contribution in [-0.2, 0) is 6.42 Å². The van der Waals surface area contributed by atoms with Crippen molar-refractivity contribution >= 4 is 15.9 Å². The van der Waals surface area contributed by atoms with E-state index in [1.807, 2.05) is 0 Å². The van der Waals surface area contributed by atoms with E-state index in [1.165, 1.54) is 5.56 Å². The standard InChI is InChI=1S/C12H19BrN2/c1-10(8-14)9-15-7-6-11-2-4-12(13)5-3-11/h2-5,10,15H,6-9,14H2,1H3. The molecule has 0 aliphatic carbocycles. The molecule has 0 heterocycles. The van der Waals surface area contributed by atoms with Gasteiger partial charge >= 0.3 is 0 Å². The number of hydrogen-bond donors (Lipinski definition) is 2. The summed E-state index contributed by atoms with van der Waals surface area (Å²) in [6.45, 7) is 4.94. The zero-order valence-electron chi connectivity index (χ0n) is 9.17. The summed E-state index contributed by atoms with van der Waals surface area (Å²) < 4.78 is 1.14. The Balaban J connectivity index is 2.17. The number of halogens is 1. The molecule has 2 nitrogen and oxygen atoms in total. The molecule has 3 heteroatoms. The number of nitrogens with two attached hydrogens (primary N) is 1. The summed E-state index contributed by atoms with van der Waals surface area (Å²) >= 11 is 3.43. The van der Waals surface area contributed by atoms with Gasteiger partial charge in [-0.15, -0.1) is 0 Å². The molecule has 3 N–H and O–H groups in total. The maximum Gasteiger partial charge on any atom is 0.0175 e. The van der Waals surface area contributed by atoms with Gasteiger partial charge in [-0.3, -0.25) is 0 Å². The Morgan fingerprint density at radius 1 is 1.33 bits per heavy atom. The minimum atomic E-state index is 0.565. The lowest BCUT2D eigenvalue weighted by Crippen LogP contribution is -2.27. The second kappa shape index (κ2) is 6.99. The van der Waals surface area contributed by atoms with Crippen molar-refractivity contribution < 1.29 is 0 Å². The Hall–Kier alpha value is -0.380. The van der Waals surface area contributed by atoms with Crippen molar-refractivity contribution in [2.24, 2.45) is 11.7 Å². The third kappa shape index (κ3) is 5.30. The molecule has 0 radical (unpaired) electrons. The minimum Gasteiger partial charge on any atom is -0.330 e. The zero-order valence-corrected chi connectivity index (χ0v) is 10.8. The van der Waals surface area contributed by atoms with E-state index in [0.717, 1.165) is 30.5 Å². The van der Waals surface area contributed by atoms with E-state index in [9.17, 15) is 0 Å². The predicted molar refractivity (Wildman–Crippen MR) is 68.9 cm³/mol. The molecule has 0 aliphatic heterocycles. The second-order valence-electron chi connectivity index (χ2n) is 3.92. The molecule has 0 amide bonds.